The maximum Gasteiger partial charge on any atom is 0.327 e. The van der Waals surface area contributed by atoms with Crippen LogP contribution in [0.2, 0.25) is 0 Å². The van der Waals surface area contributed by atoms with E-state index in [0.717, 1.165) is 5.56 Å². The molecule has 29 heavy (non-hydrogen) atoms. The molecule has 0 saturated heterocycles. The number of carboxylic acid groups (broad SMARTS) is 1. The molecule has 0 amide bonds. The molecule has 1 aromatic heterocycles. The van der Waals surface area contributed by atoms with Gasteiger partial charge < -0.3 is 14.4 Å². The van der Waals surface area contributed by atoms with Crippen molar-refractivity contribution in [1.82, 2.24) is 9.55 Å². The van der Waals surface area contributed by atoms with Crippen LogP contribution in [0, 0.1) is 5.41 Å². The summed E-state index contributed by atoms with van der Waals surface area (Å²) in [5, 5.41) is 9.83. The normalized spacial score (nSPS) is 13.8. The molecular formula is C22H24N2O4S. The molecule has 0 bridgehead atoms. The number of benzene rings is 2. The Labute approximate surface area is 173 Å². The molecule has 0 saturated carbocycles. The van der Waals surface area contributed by atoms with E-state index in [4.69, 9.17) is 4.74 Å². The van der Waals surface area contributed by atoms with E-state index in [1.165, 1.54) is 18.9 Å². The van der Waals surface area contributed by atoms with Crippen molar-refractivity contribution in [2.75, 3.05) is 7.11 Å². The van der Waals surface area contributed by atoms with Crippen molar-refractivity contribution in [3.05, 3.63) is 60.2 Å². The average Bonchev–Trinajstić information content (AvgIpc) is 3.03. The number of hydrogen-bond acceptors (Lipinski definition) is 5. The summed E-state index contributed by atoms with van der Waals surface area (Å²) >= 11 is 1.20. The number of carbonyl (C=O) groups excluding carboxylic acids is 1. The minimum absolute atomic E-state index is 0.414. The van der Waals surface area contributed by atoms with Gasteiger partial charge in [0, 0.05) is 0 Å². The minimum atomic E-state index is -0.947. The number of imidazole rings is 1. The fraction of sp³-hybridized carbons (Fsp3) is 0.318. The van der Waals surface area contributed by atoms with Crippen LogP contribution < -0.4 is 0 Å². The first kappa shape index (κ1) is 20.9. The maximum absolute atomic E-state index is 12.5. The highest BCUT2D eigenvalue weighted by Crippen LogP contribution is 2.42. The summed E-state index contributed by atoms with van der Waals surface area (Å²) in [7, 11) is 1.34. The second kappa shape index (κ2) is 8.29. The molecular weight excluding hydrogens is 388 g/mol. The quantitative estimate of drug-likeness (QED) is 0.466. The van der Waals surface area contributed by atoms with Crippen LogP contribution in [0.4, 0.5) is 0 Å². The second-order valence-corrected chi connectivity index (χ2v) is 8.86. The Kier molecular flexibility index (Phi) is 5.98. The van der Waals surface area contributed by atoms with Crippen LogP contribution in [-0.4, -0.2) is 33.7 Å². The number of hydrogen-bond donors (Lipinski definition) is 1. The zero-order valence-corrected chi connectivity index (χ0v) is 17.6. The third-order valence-corrected chi connectivity index (χ3v) is 5.82. The van der Waals surface area contributed by atoms with E-state index in [9.17, 15) is 14.7 Å². The van der Waals surface area contributed by atoms with Crippen LogP contribution in [0.3, 0.4) is 0 Å². The lowest BCUT2D eigenvalue weighted by Crippen LogP contribution is -2.32. The van der Waals surface area contributed by atoms with Crippen LogP contribution in [0.5, 0.6) is 0 Å². The summed E-state index contributed by atoms with van der Waals surface area (Å²) in [6.45, 7) is 5.64. The number of thioether (sulfide) groups is 1. The Bertz CT molecular complexity index is 1020. The average molecular weight is 413 g/mol. The molecule has 152 valence electrons. The number of esters is 1. The van der Waals surface area contributed by atoms with E-state index >= 15 is 0 Å². The van der Waals surface area contributed by atoms with Crippen LogP contribution >= 0.6 is 11.8 Å². The summed E-state index contributed by atoms with van der Waals surface area (Å²) in [5.74, 6) is -1.36. The predicted octanol–water partition coefficient (Wildman–Crippen LogP) is 4.71. The minimum Gasteiger partial charge on any atom is -0.480 e. The fourth-order valence-electron chi connectivity index (χ4n) is 3.32. The van der Waals surface area contributed by atoms with Crippen molar-refractivity contribution >= 4 is 34.7 Å². The number of carbonyl (C=O) groups is 2. The molecule has 1 N–H and O–H groups in total. The van der Waals surface area contributed by atoms with Gasteiger partial charge in [0.25, 0.3) is 0 Å². The standard InChI is InChI=1S/C22H24N2O4S/c1-22(2,3)18(19(25)26)24-16-13-9-8-12-15(16)23-21(24)29-17(20(27)28-4)14-10-6-5-7-11-14/h5-13,17-18H,1-4H3,(H,25,26). The lowest BCUT2D eigenvalue weighted by Gasteiger charge is -2.30. The first-order valence-corrected chi connectivity index (χ1v) is 10.1. The van der Waals surface area contributed by atoms with E-state index in [0.29, 0.717) is 16.2 Å². The molecule has 0 aliphatic rings. The van der Waals surface area contributed by atoms with Crippen LogP contribution in [0.25, 0.3) is 11.0 Å². The number of fused-ring (bicyclic) bond motifs is 1. The molecule has 0 fully saturated rings. The molecule has 2 aromatic carbocycles. The zero-order valence-electron chi connectivity index (χ0n) is 16.8. The number of aromatic nitrogens is 2. The SMILES string of the molecule is COC(=O)C(Sc1nc2ccccc2n1C(C(=O)O)C(C)(C)C)c1ccccc1. The summed E-state index contributed by atoms with van der Waals surface area (Å²) in [5.41, 5.74) is 1.60. The fourth-order valence-corrected chi connectivity index (χ4v) is 4.48. The van der Waals surface area contributed by atoms with Gasteiger partial charge in [-0.3, -0.25) is 4.79 Å². The van der Waals surface area contributed by atoms with Crippen LogP contribution in [0.15, 0.2) is 59.8 Å². The number of carboxylic acids is 1. The van der Waals surface area contributed by atoms with Crippen molar-refractivity contribution in [3.8, 4) is 0 Å². The van der Waals surface area contributed by atoms with Crippen molar-refractivity contribution in [2.24, 2.45) is 5.41 Å². The monoisotopic (exact) mass is 412 g/mol. The van der Waals surface area contributed by atoms with Gasteiger partial charge in [-0.1, -0.05) is 75.0 Å². The Morgan fingerprint density at radius 3 is 2.28 bits per heavy atom. The molecule has 6 nitrogen and oxygen atoms in total. The van der Waals surface area contributed by atoms with Gasteiger partial charge in [-0.25, -0.2) is 9.78 Å². The Morgan fingerprint density at radius 2 is 1.69 bits per heavy atom. The van der Waals surface area contributed by atoms with E-state index < -0.39 is 28.6 Å². The van der Waals surface area contributed by atoms with Crippen molar-refractivity contribution in [1.29, 1.82) is 0 Å². The molecule has 0 aliphatic heterocycles. The Balaban J connectivity index is 2.18. The first-order valence-electron chi connectivity index (χ1n) is 9.23. The number of nitrogens with zero attached hydrogens (tertiary/aromatic N) is 2. The highest BCUT2D eigenvalue weighted by Gasteiger charge is 2.37. The van der Waals surface area contributed by atoms with Gasteiger partial charge in [-0.2, -0.15) is 0 Å². The number of methoxy groups -OCH3 is 1. The summed E-state index contributed by atoms with van der Waals surface area (Å²) in [6.07, 6.45) is 0. The largest absolute Gasteiger partial charge is 0.480 e. The van der Waals surface area contributed by atoms with Crippen molar-refractivity contribution < 1.29 is 19.4 Å². The van der Waals surface area contributed by atoms with E-state index in [1.807, 2.05) is 75.4 Å². The van der Waals surface area contributed by atoms with Gasteiger partial charge in [0.2, 0.25) is 0 Å². The smallest absolute Gasteiger partial charge is 0.327 e. The van der Waals surface area contributed by atoms with Crippen LogP contribution in [-0.2, 0) is 14.3 Å². The summed E-state index contributed by atoms with van der Waals surface area (Å²) in [4.78, 5) is 29.5. The topological polar surface area (TPSA) is 81.4 Å². The molecule has 0 spiro atoms. The third kappa shape index (κ3) is 4.29. The van der Waals surface area contributed by atoms with Gasteiger partial charge >= 0.3 is 11.9 Å². The van der Waals surface area contributed by atoms with E-state index in [1.54, 1.807) is 4.57 Å². The summed E-state index contributed by atoms with van der Waals surface area (Å²) < 4.78 is 6.74. The van der Waals surface area contributed by atoms with E-state index in [-0.39, 0.29) is 0 Å². The predicted molar refractivity (Wildman–Crippen MR) is 113 cm³/mol. The molecule has 3 aromatic rings. The lowest BCUT2D eigenvalue weighted by molar-refractivity contribution is -0.144. The maximum atomic E-state index is 12.5. The Morgan fingerprint density at radius 1 is 1.07 bits per heavy atom. The third-order valence-electron chi connectivity index (χ3n) is 4.62. The number of rotatable bonds is 6. The molecule has 3 rings (SSSR count). The highest BCUT2D eigenvalue weighted by molar-refractivity contribution is 8.00. The Hall–Kier alpha value is -2.80. The van der Waals surface area contributed by atoms with Crippen molar-refractivity contribution in [3.63, 3.8) is 0 Å². The number of para-hydroxylation sites is 2. The van der Waals surface area contributed by atoms with Gasteiger partial charge in [0.05, 0.1) is 18.1 Å². The number of aliphatic carboxylic acids is 1. The highest BCUT2D eigenvalue weighted by atomic mass is 32.2. The number of ether oxygens (including phenoxy) is 1. The van der Waals surface area contributed by atoms with Gasteiger partial charge in [0.15, 0.2) is 5.16 Å². The van der Waals surface area contributed by atoms with E-state index in [2.05, 4.69) is 4.98 Å². The molecule has 2 atom stereocenters. The molecule has 0 aliphatic carbocycles. The zero-order chi connectivity index (χ0) is 21.2. The second-order valence-electron chi connectivity index (χ2n) is 7.79. The van der Waals surface area contributed by atoms with Gasteiger partial charge in [-0.15, -0.1) is 0 Å². The van der Waals surface area contributed by atoms with Gasteiger partial charge in [-0.05, 0) is 23.1 Å². The molecule has 1 heterocycles. The van der Waals surface area contributed by atoms with Crippen molar-refractivity contribution in [2.45, 2.75) is 37.2 Å². The first-order chi connectivity index (χ1) is 13.7. The van der Waals surface area contributed by atoms with Crippen LogP contribution in [0.1, 0.15) is 37.6 Å². The lowest BCUT2D eigenvalue weighted by atomic mass is 9.86. The molecule has 0 radical (unpaired) electrons. The molecule has 7 heteroatoms. The molecule has 2 unspecified atom stereocenters. The van der Waals surface area contributed by atoms with Gasteiger partial charge in [0.1, 0.15) is 11.3 Å². The summed E-state index contributed by atoms with van der Waals surface area (Å²) in [6, 6.07) is 15.8.